The molecular formula is C14H21NO2. The zero-order chi connectivity index (χ0) is 12.9. The van der Waals surface area contributed by atoms with E-state index in [0.717, 1.165) is 6.54 Å². The summed E-state index contributed by atoms with van der Waals surface area (Å²) in [5.41, 5.74) is 2.31. The molecule has 0 atom stereocenters. The molecule has 3 nitrogen and oxygen atoms in total. The van der Waals surface area contributed by atoms with Gasteiger partial charge < -0.3 is 10.4 Å². The lowest BCUT2D eigenvalue weighted by atomic mass is 9.89. The summed E-state index contributed by atoms with van der Waals surface area (Å²) in [6.45, 7) is 7.50. The lowest BCUT2D eigenvalue weighted by Gasteiger charge is -2.23. The molecule has 0 aliphatic heterocycles. The summed E-state index contributed by atoms with van der Waals surface area (Å²) in [5.74, 6) is -0.743. The predicted octanol–water partition coefficient (Wildman–Crippen LogP) is 2.59. The van der Waals surface area contributed by atoms with Gasteiger partial charge in [0.15, 0.2) is 0 Å². The van der Waals surface area contributed by atoms with E-state index in [1.165, 1.54) is 11.1 Å². The smallest absolute Gasteiger partial charge is 0.303 e. The second-order valence-electron chi connectivity index (χ2n) is 5.26. The van der Waals surface area contributed by atoms with Crippen molar-refractivity contribution in [2.24, 2.45) is 5.41 Å². The Bertz CT molecular complexity index is 386. The molecule has 0 bridgehead atoms. The SMILES string of the molecule is Cc1ccccc1CNCC(C)(C)CC(=O)O. The van der Waals surface area contributed by atoms with Gasteiger partial charge in [0.05, 0.1) is 6.42 Å². The van der Waals surface area contributed by atoms with E-state index >= 15 is 0 Å². The molecule has 0 amide bonds. The number of rotatable bonds is 6. The maximum Gasteiger partial charge on any atom is 0.303 e. The monoisotopic (exact) mass is 235 g/mol. The van der Waals surface area contributed by atoms with Crippen LogP contribution in [0.4, 0.5) is 0 Å². The van der Waals surface area contributed by atoms with Gasteiger partial charge in [-0.15, -0.1) is 0 Å². The van der Waals surface area contributed by atoms with Gasteiger partial charge in [-0.25, -0.2) is 0 Å². The van der Waals surface area contributed by atoms with Gasteiger partial charge in [0, 0.05) is 13.1 Å². The highest BCUT2D eigenvalue weighted by Crippen LogP contribution is 2.19. The van der Waals surface area contributed by atoms with Gasteiger partial charge in [-0.1, -0.05) is 38.1 Å². The van der Waals surface area contributed by atoms with Gasteiger partial charge in [0.1, 0.15) is 0 Å². The third-order valence-corrected chi connectivity index (χ3v) is 2.81. The first-order chi connectivity index (χ1) is 7.91. The number of carboxylic acid groups (broad SMARTS) is 1. The van der Waals surface area contributed by atoms with Crippen molar-refractivity contribution in [3.8, 4) is 0 Å². The van der Waals surface area contributed by atoms with Crippen LogP contribution in [-0.4, -0.2) is 17.6 Å². The third-order valence-electron chi connectivity index (χ3n) is 2.81. The normalized spacial score (nSPS) is 11.5. The minimum absolute atomic E-state index is 0.188. The Kier molecular flexibility index (Phi) is 4.70. The van der Waals surface area contributed by atoms with Gasteiger partial charge in [-0.3, -0.25) is 4.79 Å². The summed E-state index contributed by atoms with van der Waals surface area (Å²) in [4.78, 5) is 10.7. The van der Waals surface area contributed by atoms with Crippen LogP contribution in [0.25, 0.3) is 0 Å². The van der Waals surface area contributed by atoms with E-state index in [-0.39, 0.29) is 11.8 Å². The van der Waals surface area contributed by atoms with Crippen LogP contribution >= 0.6 is 0 Å². The predicted molar refractivity (Wildman–Crippen MR) is 68.9 cm³/mol. The first-order valence-electron chi connectivity index (χ1n) is 5.88. The Morgan fingerprint density at radius 2 is 2.00 bits per heavy atom. The molecule has 0 aliphatic rings. The number of hydrogen-bond donors (Lipinski definition) is 2. The molecule has 3 heteroatoms. The zero-order valence-electron chi connectivity index (χ0n) is 10.8. The van der Waals surface area contributed by atoms with Gasteiger partial charge in [-0.05, 0) is 23.5 Å². The topological polar surface area (TPSA) is 49.3 Å². The number of nitrogens with one attached hydrogen (secondary N) is 1. The van der Waals surface area contributed by atoms with Crippen LogP contribution in [-0.2, 0) is 11.3 Å². The second kappa shape index (κ2) is 5.82. The average Bonchev–Trinajstić information content (AvgIpc) is 2.18. The molecule has 1 aromatic rings. The summed E-state index contributed by atoms with van der Waals surface area (Å²) in [6, 6.07) is 8.21. The standard InChI is InChI=1S/C14H21NO2/c1-11-6-4-5-7-12(11)9-15-10-14(2,3)8-13(16)17/h4-7,15H,8-10H2,1-3H3,(H,16,17). The Labute approximate surface area is 103 Å². The first kappa shape index (κ1) is 13.7. The molecule has 1 rings (SSSR count). The van der Waals surface area contributed by atoms with Gasteiger partial charge >= 0.3 is 5.97 Å². The molecule has 0 saturated heterocycles. The van der Waals surface area contributed by atoms with E-state index in [9.17, 15) is 4.79 Å². The van der Waals surface area contributed by atoms with Crippen molar-refractivity contribution in [3.05, 3.63) is 35.4 Å². The molecular weight excluding hydrogens is 214 g/mol. The molecule has 2 N–H and O–H groups in total. The molecule has 0 spiro atoms. The Morgan fingerprint density at radius 3 is 2.59 bits per heavy atom. The molecule has 17 heavy (non-hydrogen) atoms. The quantitative estimate of drug-likeness (QED) is 0.796. The van der Waals surface area contributed by atoms with E-state index in [2.05, 4.69) is 24.4 Å². The number of aliphatic carboxylic acids is 1. The second-order valence-corrected chi connectivity index (χ2v) is 5.26. The van der Waals surface area contributed by atoms with Crippen LogP contribution in [0.15, 0.2) is 24.3 Å². The average molecular weight is 235 g/mol. The third kappa shape index (κ3) is 5.00. The highest BCUT2D eigenvalue weighted by atomic mass is 16.4. The summed E-state index contributed by atoms with van der Waals surface area (Å²) in [5, 5.41) is 12.1. The summed E-state index contributed by atoms with van der Waals surface area (Å²) in [7, 11) is 0. The van der Waals surface area contributed by atoms with Crippen molar-refractivity contribution in [1.82, 2.24) is 5.32 Å². The number of aryl methyl sites for hydroxylation is 1. The largest absolute Gasteiger partial charge is 0.481 e. The van der Waals surface area contributed by atoms with Crippen molar-refractivity contribution >= 4 is 5.97 Å². The minimum Gasteiger partial charge on any atom is -0.481 e. The Balaban J connectivity index is 2.42. The molecule has 0 heterocycles. The molecule has 0 aliphatic carbocycles. The maximum absolute atomic E-state index is 10.7. The van der Waals surface area contributed by atoms with Crippen LogP contribution in [0, 0.1) is 12.3 Å². The number of hydrogen-bond acceptors (Lipinski definition) is 2. The van der Waals surface area contributed by atoms with Crippen LogP contribution in [0.2, 0.25) is 0 Å². The van der Waals surface area contributed by atoms with Crippen molar-refractivity contribution in [2.45, 2.75) is 33.7 Å². The van der Waals surface area contributed by atoms with Gasteiger partial charge in [-0.2, -0.15) is 0 Å². The fourth-order valence-corrected chi connectivity index (χ4v) is 1.82. The fourth-order valence-electron chi connectivity index (χ4n) is 1.82. The Hall–Kier alpha value is -1.35. The van der Waals surface area contributed by atoms with E-state index < -0.39 is 5.97 Å². The van der Waals surface area contributed by atoms with Crippen LogP contribution < -0.4 is 5.32 Å². The molecule has 0 saturated carbocycles. The molecule has 94 valence electrons. The molecule has 0 fully saturated rings. The Morgan fingerprint density at radius 1 is 1.35 bits per heavy atom. The van der Waals surface area contributed by atoms with Gasteiger partial charge in [0.2, 0.25) is 0 Å². The summed E-state index contributed by atoms with van der Waals surface area (Å²) in [6.07, 6.45) is 0.188. The molecule has 0 radical (unpaired) electrons. The highest BCUT2D eigenvalue weighted by molar-refractivity contribution is 5.67. The van der Waals surface area contributed by atoms with Crippen LogP contribution in [0.3, 0.4) is 0 Å². The number of benzene rings is 1. The van der Waals surface area contributed by atoms with Crippen molar-refractivity contribution in [3.63, 3.8) is 0 Å². The van der Waals surface area contributed by atoms with Crippen LogP contribution in [0.1, 0.15) is 31.4 Å². The lowest BCUT2D eigenvalue weighted by Crippen LogP contribution is -2.31. The maximum atomic E-state index is 10.7. The summed E-state index contributed by atoms with van der Waals surface area (Å²) >= 11 is 0. The van der Waals surface area contributed by atoms with E-state index in [0.29, 0.717) is 6.54 Å². The molecule has 0 unspecified atom stereocenters. The van der Waals surface area contributed by atoms with Crippen molar-refractivity contribution in [2.75, 3.05) is 6.54 Å². The fraction of sp³-hybridized carbons (Fsp3) is 0.500. The molecule has 1 aromatic carbocycles. The van der Waals surface area contributed by atoms with Crippen molar-refractivity contribution < 1.29 is 9.90 Å². The van der Waals surface area contributed by atoms with Crippen LogP contribution in [0.5, 0.6) is 0 Å². The van der Waals surface area contributed by atoms with Gasteiger partial charge in [0.25, 0.3) is 0 Å². The van der Waals surface area contributed by atoms with E-state index in [1.54, 1.807) is 0 Å². The molecule has 0 aromatic heterocycles. The minimum atomic E-state index is -0.743. The number of carbonyl (C=O) groups is 1. The van der Waals surface area contributed by atoms with E-state index in [4.69, 9.17) is 5.11 Å². The highest BCUT2D eigenvalue weighted by Gasteiger charge is 2.21. The number of carboxylic acids is 1. The summed E-state index contributed by atoms with van der Waals surface area (Å²) < 4.78 is 0. The van der Waals surface area contributed by atoms with E-state index in [1.807, 2.05) is 26.0 Å². The first-order valence-corrected chi connectivity index (χ1v) is 5.88. The lowest BCUT2D eigenvalue weighted by molar-refractivity contribution is -0.139. The van der Waals surface area contributed by atoms with Crippen molar-refractivity contribution in [1.29, 1.82) is 0 Å². The zero-order valence-corrected chi connectivity index (χ0v) is 10.8.